The Bertz CT molecular complexity index is 268. The molecule has 0 amide bonds. The molecule has 0 aliphatic heterocycles. The molecule has 14 heavy (non-hydrogen) atoms. The molecule has 0 aliphatic carbocycles. The molecule has 0 saturated heterocycles. The monoisotopic (exact) mass is 237 g/mol. The molecule has 4 heteroatoms. The summed E-state index contributed by atoms with van der Waals surface area (Å²) in [6.07, 6.45) is -0.495. The van der Waals surface area contributed by atoms with Crippen molar-refractivity contribution in [3.63, 3.8) is 0 Å². The molecule has 0 aromatic heterocycles. The van der Waals surface area contributed by atoms with Crippen molar-refractivity contribution in [3.8, 4) is 0 Å². The Kier molecular flexibility index (Phi) is 6.89. The Morgan fingerprint density at radius 1 is 1.43 bits per heavy atom. The lowest BCUT2D eigenvalue weighted by atomic mass is 10.1. The van der Waals surface area contributed by atoms with E-state index < -0.39 is 6.17 Å². The Hall–Kier alpha value is -0.310. The smallest absolute Gasteiger partial charge is 0.117 e. The molecule has 1 atom stereocenters. The Morgan fingerprint density at radius 2 is 2.07 bits per heavy atom. The van der Waals surface area contributed by atoms with E-state index in [1.54, 1.807) is 13.1 Å². The Labute approximate surface area is 95.1 Å². The predicted octanol–water partition coefficient (Wildman–Crippen LogP) is 2.86. The van der Waals surface area contributed by atoms with Crippen LogP contribution in [0.15, 0.2) is 24.3 Å². The van der Waals surface area contributed by atoms with Gasteiger partial charge in [0.2, 0.25) is 0 Å². The third kappa shape index (κ3) is 4.27. The van der Waals surface area contributed by atoms with Gasteiger partial charge in [-0.05, 0) is 18.7 Å². The van der Waals surface area contributed by atoms with Crippen molar-refractivity contribution in [1.29, 1.82) is 0 Å². The van der Waals surface area contributed by atoms with Crippen LogP contribution in [0.5, 0.6) is 0 Å². The fourth-order valence-corrected chi connectivity index (χ4v) is 1.41. The molecule has 1 aromatic carbocycles. The molecule has 0 spiro atoms. The largest absolute Gasteiger partial charge is 0.317 e. The van der Waals surface area contributed by atoms with Gasteiger partial charge in [0.05, 0.1) is 0 Å². The average Bonchev–Trinajstić information content (AvgIpc) is 2.09. The third-order valence-electron chi connectivity index (χ3n) is 1.82. The van der Waals surface area contributed by atoms with Crippen molar-refractivity contribution in [2.45, 2.75) is 12.6 Å². The number of benzene rings is 1. The van der Waals surface area contributed by atoms with Gasteiger partial charge < -0.3 is 5.32 Å². The summed E-state index contributed by atoms with van der Waals surface area (Å²) in [6.45, 7) is 0.366. The van der Waals surface area contributed by atoms with Gasteiger partial charge in [-0.15, -0.1) is 12.4 Å². The summed E-state index contributed by atoms with van der Waals surface area (Å²) in [7, 11) is 1.74. The fourth-order valence-electron chi connectivity index (χ4n) is 1.20. The summed E-state index contributed by atoms with van der Waals surface area (Å²) in [4.78, 5) is 0. The van der Waals surface area contributed by atoms with E-state index in [9.17, 15) is 4.39 Å². The number of nitrogens with one attached hydrogen (secondary N) is 1. The highest BCUT2D eigenvalue weighted by Crippen LogP contribution is 2.17. The first-order chi connectivity index (χ1) is 6.24. The van der Waals surface area contributed by atoms with Crippen molar-refractivity contribution >= 4 is 24.0 Å². The first-order valence-corrected chi connectivity index (χ1v) is 4.64. The molecule has 0 saturated carbocycles. The highest BCUT2D eigenvalue weighted by atomic mass is 35.5. The van der Waals surface area contributed by atoms with Gasteiger partial charge >= 0.3 is 0 Å². The second-order valence-electron chi connectivity index (χ2n) is 2.95. The zero-order valence-electron chi connectivity index (χ0n) is 7.97. The summed E-state index contributed by atoms with van der Waals surface area (Å²) in [5.74, 6) is 0. The second kappa shape index (κ2) is 7.04. The van der Waals surface area contributed by atoms with Crippen molar-refractivity contribution in [2.24, 2.45) is 0 Å². The first kappa shape index (κ1) is 13.7. The van der Waals surface area contributed by atoms with Crippen LogP contribution in [0, 0.1) is 0 Å². The van der Waals surface area contributed by atoms with Crippen LogP contribution in [0.2, 0.25) is 5.02 Å². The van der Waals surface area contributed by atoms with E-state index in [-0.39, 0.29) is 12.4 Å². The highest BCUT2D eigenvalue weighted by Gasteiger charge is 2.08. The minimum Gasteiger partial charge on any atom is -0.317 e. The zero-order valence-corrected chi connectivity index (χ0v) is 9.54. The van der Waals surface area contributed by atoms with Crippen LogP contribution in [-0.2, 0) is 6.42 Å². The van der Waals surface area contributed by atoms with Gasteiger partial charge in [-0.1, -0.05) is 29.8 Å². The van der Waals surface area contributed by atoms with E-state index in [0.717, 1.165) is 5.56 Å². The summed E-state index contributed by atoms with van der Waals surface area (Å²) < 4.78 is 13.1. The Balaban J connectivity index is 0.00000169. The Morgan fingerprint density at radius 3 is 2.64 bits per heavy atom. The van der Waals surface area contributed by atoms with E-state index in [1.165, 1.54) is 0 Å². The standard InChI is InChI=1S/C10H13ClFN.ClH/c1-13-7-9(12)6-8-4-2-3-5-10(8)11;/h2-5,9,13H,6-7H2,1H3;1H. The number of alkyl halides is 1. The lowest BCUT2D eigenvalue weighted by Crippen LogP contribution is -2.21. The molecule has 1 N–H and O–H groups in total. The topological polar surface area (TPSA) is 12.0 Å². The van der Waals surface area contributed by atoms with Gasteiger partial charge in [0.25, 0.3) is 0 Å². The van der Waals surface area contributed by atoms with E-state index >= 15 is 0 Å². The molecule has 1 unspecified atom stereocenters. The lowest BCUT2D eigenvalue weighted by Gasteiger charge is -2.08. The van der Waals surface area contributed by atoms with Crippen molar-refractivity contribution < 1.29 is 4.39 Å². The summed E-state index contributed by atoms with van der Waals surface area (Å²) in [5, 5.41) is 3.43. The van der Waals surface area contributed by atoms with Gasteiger partial charge in [-0.2, -0.15) is 0 Å². The van der Waals surface area contributed by atoms with Gasteiger partial charge in [0, 0.05) is 18.0 Å². The summed E-state index contributed by atoms with van der Waals surface area (Å²) in [6, 6.07) is 7.35. The average molecular weight is 238 g/mol. The number of rotatable bonds is 4. The summed E-state index contributed by atoms with van der Waals surface area (Å²) in [5.41, 5.74) is 0.868. The van der Waals surface area contributed by atoms with E-state index in [0.29, 0.717) is 18.0 Å². The normalized spacial score (nSPS) is 11.9. The maximum atomic E-state index is 13.1. The highest BCUT2D eigenvalue weighted by molar-refractivity contribution is 6.31. The molecule has 0 bridgehead atoms. The minimum absolute atomic E-state index is 0. The third-order valence-corrected chi connectivity index (χ3v) is 2.19. The van der Waals surface area contributed by atoms with Crippen LogP contribution >= 0.6 is 24.0 Å². The van der Waals surface area contributed by atoms with E-state index in [2.05, 4.69) is 5.32 Å². The molecule has 0 aliphatic rings. The molecule has 0 heterocycles. The van der Waals surface area contributed by atoms with E-state index in [1.807, 2.05) is 18.2 Å². The van der Waals surface area contributed by atoms with Crippen molar-refractivity contribution in [3.05, 3.63) is 34.9 Å². The molecular formula is C10H14Cl2FN. The van der Waals surface area contributed by atoms with Crippen LogP contribution in [0.3, 0.4) is 0 Å². The fraction of sp³-hybridized carbons (Fsp3) is 0.400. The van der Waals surface area contributed by atoms with E-state index in [4.69, 9.17) is 11.6 Å². The maximum absolute atomic E-state index is 13.1. The molecule has 1 rings (SSSR count). The quantitative estimate of drug-likeness (QED) is 0.850. The lowest BCUT2D eigenvalue weighted by molar-refractivity contribution is 0.324. The number of halogens is 3. The van der Waals surface area contributed by atoms with Crippen molar-refractivity contribution in [2.75, 3.05) is 13.6 Å². The van der Waals surface area contributed by atoms with Gasteiger partial charge in [0.1, 0.15) is 6.17 Å². The predicted molar refractivity (Wildman–Crippen MR) is 61.2 cm³/mol. The van der Waals surface area contributed by atoms with Crippen molar-refractivity contribution in [1.82, 2.24) is 5.32 Å². The zero-order chi connectivity index (χ0) is 9.68. The number of hydrogen-bond acceptors (Lipinski definition) is 1. The van der Waals surface area contributed by atoms with Gasteiger partial charge in [-0.25, -0.2) is 4.39 Å². The second-order valence-corrected chi connectivity index (χ2v) is 3.36. The molecule has 1 aromatic rings. The van der Waals surface area contributed by atoms with Crippen LogP contribution in [-0.4, -0.2) is 19.8 Å². The molecule has 0 fully saturated rings. The maximum Gasteiger partial charge on any atom is 0.117 e. The molecular weight excluding hydrogens is 224 g/mol. The van der Waals surface area contributed by atoms with Crippen LogP contribution in [0.1, 0.15) is 5.56 Å². The first-order valence-electron chi connectivity index (χ1n) is 4.26. The van der Waals surface area contributed by atoms with Gasteiger partial charge in [-0.3, -0.25) is 0 Å². The van der Waals surface area contributed by atoms with Crippen LogP contribution in [0.4, 0.5) is 4.39 Å². The van der Waals surface area contributed by atoms with Crippen LogP contribution in [0.25, 0.3) is 0 Å². The molecule has 1 nitrogen and oxygen atoms in total. The number of hydrogen-bond donors (Lipinski definition) is 1. The molecule has 80 valence electrons. The van der Waals surface area contributed by atoms with Gasteiger partial charge in [0.15, 0.2) is 0 Å². The van der Waals surface area contributed by atoms with Crippen LogP contribution < -0.4 is 5.32 Å². The minimum atomic E-state index is -0.870. The molecule has 0 radical (unpaired) electrons. The SMILES string of the molecule is CNCC(F)Cc1ccccc1Cl.Cl. The summed E-state index contributed by atoms with van der Waals surface area (Å²) >= 11 is 5.88.